The summed E-state index contributed by atoms with van der Waals surface area (Å²) in [6.45, 7) is 12.2. The summed E-state index contributed by atoms with van der Waals surface area (Å²) in [6.07, 6.45) is -0.245. The van der Waals surface area contributed by atoms with Crippen LogP contribution >= 0.6 is 0 Å². The fraction of sp³-hybridized carbons (Fsp3) is 0.667. The largest absolute Gasteiger partial charge is 0.390 e. The molecule has 1 heterocycles. The lowest BCUT2D eigenvalue weighted by Gasteiger charge is -2.48. The molecule has 0 aromatic carbocycles. The molecule has 0 bridgehead atoms. The van der Waals surface area contributed by atoms with Crippen molar-refractivity contribution in [1.82, 2.24) is 5.32 Å². The molecule has 1 saturated heterocycles. The van der Waals surface area contributed by atoms with Gasteiger partial charge in [-0.2, -0.15) is 0 Å². The van der Waals surface area contributed by atoms with Crippen molar-refractivity contribution in [2.45, 2.75) is 38.9 Å². The number of fused-ring (bicyclic) bond motifs is 1. The van der Waals surface area contributed by atoms with Crippen molar-refractivity contribution in [2.75, 3.05) is 0 Å². The highest BCUT2D eigenvalue weighted by molar-refractivity contribution is 5.35. The van der Waals surface area contributed by atoms with Crippen LogP contribution in [-0.4, -0.2) is 22.4 Å². The Bertz CT molecular complexity index is 307. The average molecular weight is 209 g/mol. The zero-order valence-corrected chi connectivity index (χ0v) is 9.38. The molecule has 2 aliphatic rings. The van der Waals surface area contributed by atoms with Gasteiger partial charge in [0.15, 0.2) is 0 Å². The Morgan fingerprint density at radius 1 is 1.07 bits per heavy atom. The van der Waals surface area contributed by atoms with E-state index in [-0.39, 0.29) is 10.8 Å². The molecular formula is C12H19NO2. The molecule has 1 aliphatic carbocycles. The monoisotopic (exact) mass is 209 g/mol. The molecule has 3 nitrogen and oxygen atoms in total. The molecule has 0 radical (unpaired) electrons. The van der Waals surface area contributed by atoms with Crippen LogP contribution in [0.5, 0.6) is 0 Å². The Morgan fingerprint density at radius 3 is 1.73 bits per heavy atom. The fourth-order valence-electron chi connectivity index (χ4n) is 2.93. The highest BCUT2D eigenvalue weighted by Crippen LogP contribution is 2.60. The van der Waals surface area contributed by atoms with Gasteiger partial charge in [0, 0.05) is 22.2 Å². The highest BCUT2D eigenvalue weighted by atomic mass is 16.3. The molecule has 0 amide bonds. The van der Waals surface area contributed by atoms with E-state index >= 15 is 0 Å². The molecule has 0 spiro atoms. The number of hydrogen-bond acceptors (Lipinski definition) is 3. The van der Waals surface area contributed by atoms with Crippen molar-refractivity contribution in [2.24, 2.45) is 10.8 Å². The summed E-state index contributed by atoms with van der Waals surface area (Å²) < 4.78 is 0. The minimum absolute atomic E-state index is 0.206. The zero-order chi connectivity index (χ0) is 11.4. The van der Waals surface area contributed by atoms with Crippen molar-refractivity contribution < 1.29 is 10.2 Å². The molecular weight excluding hydrogens is 190 g/mol. The van der Waals surface area contributed by atoms with E-state index in [1.807, 2.05) is 0 Å². The Labute approximate surface area is 90.5 Å². The van der Waals surface area contributed by atoms with E-state index in [2.05, 4.69) is 32.3 Å². The molecule has 2 fully saturated rings. The van der Waals surface area contributed by atoms with E-state index in [1.165, 1.54) is 0 Å². The molecule has 2 rings (SSSR count). The van der Waals surface area contributed by atoms with Crippen molar-refractivity contribution in [3.05, 3.63) is 24.6 Å². The number of rotatable bonds is 0. The fourth-order valence-corrected chi connectivity index (χ4v) is 2.93. The molecule has 0 aromatic heterocycles. The van der Waals surface area contributed by atoms with Gasteiger partial charge in [0.05, 0.1) is 12.2 Å². The first kappa shape index (κ1) is 10.7. The summed E-state index contributed by atoms with van der Waals surface area (Å²) in [6, 6.07) is 0. The first-order chi connectivity index (χ1) is 6.81. The van der Waals surface area contributed by atoms with Crippen LogP contribution in [-0.2, 0) is 0 Å². The van der Waals surface area contributed by atoms with Crippen molar-refractivity contribution in [3.63, 3.8) is 0 Å². The lowest BCUT2D eigenvalue weighted by molar-refractivity contribution is -0.0834. The standard InChI is InChI=1S/C12H19NO2/c1-7-11(3)5-9(14)10(15)6-12(11,4)8(2)13-7/h9-10,13-15H,1-2,5-6H2,3-4H3. The van der Waals surface area contributed by atoms with Crippen LogP contribution in [0.3, 0.4) is 0 Å². The molecule has 15 heavy (non-hydrogen) atoms. The molecule has 1 aliphatic heterocycles. The lowest BCUT2D eigenvalue weighted by Crippen LogP contribution is -2.49. The van der Waals surface area contributed by atoms with E-state index < -0.39 is 12.2 Å². The van der Waals surface area contributed by atoms with E-state index in [9.17, 15) is 10.2 Å². The predicted molar refractivity (Wildman–Crippen MR) is 58.9 cm³/mol. The maximum atomic E-state index is 9.76. The lowest BCUT2D eigenvalue weighted by atomic mass is 9.56. The first-order valence-electron chi connectivity index (χ1n) is 5.33. The maximum absolute atomic E-state index is 9.76. The van der Waals surface area contributed by atoms with Gasteiger partial charge in [-0.05, 0) is 12.8 Å². The smallest absolute Gasteiger partial charge is 0.0808 e. The predicted octanol–water partition coefficient (Wildman–Crippen LogP) is 1.15. The van der Waals surface area contributed by atoms with Gasteiger partial charge in [0.2, 0.25) is 0 Å². The van der Waals surface area contributed by atoms with Gasteiger partial charge >= 0.3 is 0 Å². The maximum Gasteiger partial charge on any atom is 0.0808 e. The van der Waals surface area contributed by atoms with Crippen molar-refractivity contribution >= 4 is 0 Å². The molecule has 1 saturated carbocycles. The Balaban J connectivity index is 2.45. The highest BCUT2D eigenvalue weighted by Gasteiger charge is 2.58. The van der Waals surface area contributed by atoms with E-state index in [0.29, 0.717) is 12.8 Å². The molecule has 3 heteroatoms. The molecule has 84 valence electrons. The van der Waals surface area contributed by atoms with Crippen molar-refractivity contribution in [3.8, 4) is 0 Å². The molecule has 3 N–H and O–H groups in total. The summed E-state index contributed by atoms with van der Waals surface area (Å²) in [7, 11) is 0. The van der Waals surface area contributed by atoms with Crippen molar-refractivity contribution in [1.29, 1.82) is 0 Å². The third kappa shape index (κ3) is 1.13. The topological polar surface area (TPSA) is 52.5 Å². The van der Waals surface area contributed by atoms with Gasteiger partial charge in [-0.3, -0.25) is 0 Å². The number of aliphatic hydroxyl groups is 2. The quantitative estimate of drug-likeness (QED) is 0.561. The minimum Gasteiger partial charge on any atom is -0.390 e. The summed E-state index contributed by atoms with van der Waals surface area (Å²) in [5.41, 5.74) is 1.40. The summed E-state index contributed by atoms with van der Waals surface area (Å²) >= 11 is 0. The minimum atomic E-state index is -0.660. The van der Waals surface area contributed by atoms with E-state index in [4.69, 9.17) is 0 Å². The van der Waals surface area contributed by atoms with Gasteiger partial charge in [-0.1, -0.05) is 27.0 Å². The van der Waals surface area contributed by atoms with Gasteiger partial charge in [-0.15, -0.1) is 0 Å². The normalized spacial score (nSPS) is 50.1. The number of aliphatic hydroxyl groups excluding tert-OH is 2. The van der Waals surface area contributed by atoms with E-state index in [0.717, 1.165) is 11.4 Å². The van der Waals surface area contributed by atoms with Crippen LogP contribution in [0, 0.1) is 10.8 Å². The SMILES string of the molecule is C=C1NC(=C)C2(C)CC(O)C(O)CC12C. The zero-order valence-electron chi connectivity index (χ0n) is 9.38. The van der Waals surface area contributed by atoms with Gasteiger partial charge < -0.3 is 15.5 Å². The van der Waals surface area contributed by atoms with Gasteiger partial charge in [0.1, 0.15) is 0 Å². The summed E-state index contributed by atoms with van der Waals surface area (Å²) in [5, 5.41) is 22.7. The molecule has 4 atom stereocenters. The second-order valence-corrected chi connectivity index (χ2v) is 5.29. The summed E-state index contributed by atoms with van der Waals surface area (Å²) in [4.78, 5) is 0. The van der Waals surface area contributed by atoms with E-state index in [1.54, 1.807) is 0 Å². The van der Waals surface area contributed by atoms with Crippen LogP contribution in [0.15, 0.2) is 24.6 Å². The van der Waals surface area contributed by atoms with Crippen LogP contribution in [0.25, 0.3) is 0 Å². The van der Waals surface area contributed by atoms with Crippen LogP contribution in [0.2, 0.25) is 0 Å². The summed E-state index contributed by atoms with van der Waals surface area (Å²) in [5.74, 6) is 0. The Morgan fingerprint density at radius 2 is 1.40 bits per heavy atom. The first-order valence-corrected chi connectivity index (χ1v) is 5.33. The second kappa shape index (κ2) is 2.86. The number of allylic oxidation sites excluding steroid dienone is 2. The third-order valence-corrected chi connectivity index (χ3v) is 4.53. The average Bonchev–Trinajstić information content (AvgIpc) is 2.28. The van der Waals surface area contributed by atoms with Crippen LogP contribution in [0.4, 0.5) is 0 Å². The van der Waals surface area contributed by atoms with Gasteiger partial charge in [0.25, 0.3) is 0 Å². The number of hydrogen-bond donors (Lipinski definition) is 3. The van der Waals surface area contributed by atoms with Crippen LogP contribution < -0.4 is 5.32 Å². The Hall–Kier alpha value is -0.800. The molecule has 4 unspecified atom stereocenters. The molecule has 0 aromatic rings. The van der Waals surface area contributed by atoms with Crippen LogP contribution in [0.1, 0.15) is 26.7 Å². The number of nitrogens with one attached hydrogen (secondary N) is 1. The third-order valence-electron chi connectivity index (χ3n) is 4.53. The second-order valence-electron chi connectivity index (χ2n) is 5.29. The Kier molecular flexibility index (Phi) is 2.04. The van der Waals surface area contributed by atoms with Gasteiger partial charge in [-0.25, -0.2) is 0 Å².